The van der Waals surface area contributed by atoms with E-state index in [1.165, 1.54) is 29.5 Å². The molecule has 11 heteroatoms. The lowest BCUT2D eigenvalue weighted by molar-refractivity contribution is -0.275. The second-order valence-electron chi connectivity index (χ2n) is 7.94. The fraction of sp³-hybridized carbons (Fsp3) is 0.364. The highest BCUT2D eigenvalue weighted by molar-refractivity contribution is 7.15. The number of aliphatic carboxylic acids is 1. The number of halogens is 5. The van der Waals surface area contributed by atoms with Crippen LogP contribution in [0.2, 0.25) is 10.0 Å². The maximum atomic E-state index is 14.3. The summed E-state index contributed by atoms with van der Waals surface area (Å²) >= 11 is 13.2. The van der Waals surface area contributed by atoms with Gasteiger partial charge in [0.2, 0.25) is 0 Å². The highest BCUT2D eigenvalue weighted by atomic mass is 35.5. The van der Waals surface area contributed by atoms with Crippen LogP contribution < -0.4 is 5.32 Å². The Kier molecular flexibility index (Phi) is 6.41. The Morgan fingerprint density at radius 3 is 2.45 bits per heavy atom. The van der Waals surface area contributed by atoms with Crippen LogP contribution in [-0.4, -0.2) is 29.5 Å². The molecule has 1 unspecified atom stereocenters. The Labute approximate surface area is 201 Å². The number of oxime groups is 1. The molecule has 0 spiro atoms. The van der Waals surface area contributed by atoms with Crippen LogP contribution in [0.3, 0.4) is 0 Å². The number of fused-ring (bicyclic) bond motifs is 1. The van der Waals surface area contributed by atoms with E-state index in [9.17, 15) is 18.0 Å². The molecule has 176 valence electrons. The number of hydrogen-bond donors (Lipinski definition) is 2. The molecule has 2 heterocycles. The summed E-state index contributed by atoms with van der Waals surface area (Å²) in [5, 5.41) is 15.7. The molecule has 0 radical (unpaired) electrons. The van der Waals surface area contributed by atoms with Crippen LogP contribution in [0.5, 0.6) is 0 Å². The molecule has 2 aliphatic rings. The van der Waals surface area contributed by atoms with E-state index in [0.717, 1.165) is 35.3 Å². The first-order chi connectivity index (χ1) is 15.5. The van der Waals surface area contributed by atoms with Gasteiger partial charge >= 0.3 is 12.1 Å². The minimum absolute atomic E-state index is 0.0646. The lowest BCUT2D eigenvalue weighted by atomic mass is 9.85. The summed E-state index contributed by atoms with van der Waals surface area (Å²) in [6.07, 6.45) is -2.06. The Bertz CT molecular complexity index is 1140. The van der Waals surface area contributed by atoms with Crippen LogP contribution in [0.1, 0.15) is 45.7 Å². The van der Waals surface area contributed by atoms with Crippen LogP contribution in [0.4, 0.5) is 13.2 Å². The smallest absolute Gasteiger partial charge is 0.435 e. The summed E-state index contributed by atoms with van der Waals surface area (Å²) in [6.45, 7) is 3.63. The van der Waals surface area contributed by atoms with Crippen LogP contribution >= 0.6 is 34.5 Å². The molecule has 1 aliphatic heterocycles. The zero-order valence-electron chi connectivity index (χ0n) is 17.2. The van der Waals surface area contributed by atoms with Gasteiger partial charge in [0.15, 0.2) is 0 Å². The molecule has 4 rings (SSSR count). The van der Waals surface area contributed by atoms with Gasteiger partial charge in [-0.1, -0.05) is 34.9 Å². The summed E-state index contributed by atoms with van der Waals surface area (Å²) < 4.78 is 43.0. The lowest BCUT2D eigenvalue weighted by Gasteiger charge is -2.29. The first-order valence-electron chi connectivity index (χ1n) is 10.1. The van der Waals surface area contributed by atoms with Crippen molar-refractivity contribution in [3.63, 3.8) is 0 Å². The molecule has 1 aromatic carbocycles. The number of benzene rings is 1. The van der Waals surface area contributed by atoms with Gasteiger partial charge in [0.05, 0.1) is 16.2 Å². The monoisotopic (exact) mass is 518 g/mol. The van der Waals surface area contributed by atoms with E-state index in [4.69, 9.17) is 33.1 Å². The average molecular weight is 519 g/mol. The van der Waals surface area contributed by atoms with Gasteiger partial charge < -0.3 is 15.3 Å². The molecule has 2 aromatic rings. The van der Waals surface area contributed by atoms with E-state index in [0.29, 0.717) is 17.0 Å². The summed E-state index contributed by atoms with van der Waals surface area (Å²) in [4.78, 5) is 17.4. The molecule has 0 bridgehead atoms. The zero-order valence-corrected chi connectivity index (χ0v) is 19.5. The quantitative estimate of drug-likeness (QED) is 0.480. The van der Waals surface area contributed by atoms with E-state index < -0.39 is 24.2 Å². The highest BCUT2D eigenvalue weighted by Crippen LogP contribution is 2.51. The van der Waals surface area contributed by atoms with E-state index >= 15 is 0 Å². The summed E-state index contributed by atoms with van der Waals surface area (Å²) in [5.74, 6) is -1.04. The zero-order chi connectivity index (χ0) is 24.0. The molecule has 1 aromatic heterocycles. The summed E-state index contributed by atoms with van der Waals surface area (Å²) in [7, 11) is 0. The minimum Gasteiger partial charge on any atom is -0.480 e. The van der Waals surface area contributed by atoms with Gasteiger partial charge in [0.25, 0.3) is 5.60 Å². The topological polar surface area (TPSA) is 70.9 Å². The number of alkyl halides is 3. The first kappa shape index (κ1) is 23.9. The van der Waals surface area contributed by atoms with Gasteiger partial charge in [-0.15, -0.1) is 11.3 Å². The number of carboxylic acids is 1. The van der Waals surface area contributed by atoms with Crippen molar-refractivity contribution in [3.8, 4) is 0 Å². The molecule has 0 amide bonds. The fourth-order valence-electron chi connectivity index (χ4n) is 4.18. The third kappa shape index (κ3) is 4.46. The summed E-state index contributed by atoms with van der Waals surface area (Å²) in [6, 6.07) is 3.73. The molecule has 33 heavy (non-hydrogen) atoms. The van der Waals surface area contributed by atoms with E-state index in [1.54, 1.807) is 0 Å². The first-order valence-corrected chi connectivity index (χ1v) is 11.7. The molecular formula is C22H19Cl2F3N2O3S. The SMILES string of the molecule is C=C(NCC(=O)O)c1sc(C2=NOC(c3cc(Cl)cc(Cl)c3)(C(F)(F)F)C2)c2c1CCCC2. The maximum Gasteiger partial charge on any atom is 0.435 e. The number of carboxylic acid groups (broad SMARTS) is 1. The van der Waals surface area contributed by atoms with Gasteiger partial charge in [-0.2, -0.15) is 13.2 Å². The second-order valence-corrected chi connectivity index (χ2v) is 9.83. The molecule has 0 fully saturated rings. The van der Waals surface area contributed by atoms with Crippen LogP contribution in [0, 0.1) is 0 Å². The lowest BCUT2D eigenvalue weighted by Crippen LogP contribution is -2.42. The van der Waals surface area contributed by atoms with Crippen LogP contribution in [0.15, 0.2) is 29.9 Å². The van der Waals surface area contributed by atoms with Crippen molar-refractivity contribution in [1.29, 1.82) is 0 Å². The number of thiophene rings is 1. The summed E-state index contributed by atoms with van der Waals surface area (Å²) in [5.41, 5.74) is -0.421. The van der Waals surface area contributed by atoms with E-state index in [-0.39, 0.29) is 27.9 Å². The molecule has 0 saturated carbocycles. The molecule has 1 atom stereocenters. The highest BCUT2D eigenvalue weighted by Gasteiger charge is 2.62. The Hall–Kier alpha value is -2.23. The van der Waals surface area contributed by atoms with Crippen molar-refractivity contribution in [1.82, 2.24) is 5.32 Å². The number of nitrogens with zero attached hydrogens (tertiary/aromatic N) is 1. The molecular weight excluding hydrogens is 500 g/mol. The Morgan fingerprint density at radius 2 is 1.85 bits per heavy atom. The minimum atomic E-state index is -4.78. The van der Waals surface area contributed by atoms with Crippen molar-refractivity contribution in [2.24, 2.45) is 5.16 Å². The third-order valence-corrected chi connectivity index (χ3v) is 7.54. The standard InChI is InChI=1S/C22H19Cl2F3N2O3S/c1-11(28-10-18(30)31)19-15-4-2-3-5-16(15)20(33-19)17-9-21(32-29-17,22(25,26)27)12-6-13(23)8-14(24)7-12/h6-8,28H,1-5,9-10H2,(H,30,31). The number of hydrogen-bond acceptors (Lipinski definition) is 5. The molecule has 1 aliphatic carbocycles. The Balaban J connectivity index is 1.73. The van der Waals surface area contributed by atoms with Crippen molar-refractivity contribution < 1.29 is 27.9 Å². The molecule has 5 nitrogen and oxygen atoms in total. The normalized spacial score (nSPS) is 20.1. The largest absolute Gasteiger partial charge is 0.480 e. The van der Waals surface area contributed by atoms with Gasteiger partial charge in [0.1, 0.15) is 12.3 Å². The predicted molar refractivity (Wildman–Crippen MR) is 122 cm³/mol. The van der Waals surface area contributed by atoms with Crippen LogP contribution in [-0.2, 0) is 28.1 Å². The van der Waals surface area contributed by atoms with E-state index in [2.05, 4.69) is 17.1 Å². The molecule has 0 saturated heterocycles. The van der Waals surface area contributed by atoms with Gasteiger partial charge in [0, 0.05) is 21.3 Å². The average Bonchev–Trinajstić information content (AvgIpc) is 3.34. The fourth-order valence-corrected chi connectivity index (χ4v) is 6.03. The predicted octanol–water partition coefficient (Wildman–Crippen LogP) is 6.16. The van der Waals surface area contributed by atoms with E-state index in [1.807, 2.05) is 0 Å². The number of nitrogens with one attached hydrogen (secondary N) is 1. The van der Waals surface area contributed by atoms with Crippen molar-refractivity contribution in [3.05, 3.63) is 61.3 Å². The number of carbonyl (C=O) groups is 1. The second kappa shape index (κ2) is 8.85. The van der Waals surface area contributed by atoms with Crippen molar-refractivity contribution >= 4 is 51.9 Å². The van der Waals surface area contributed by atoms with Gasteiger partial charge in [-0.05, 0) is 55.0 Å². The van der Waals surface area contributed by atoms with Gasteiger partial charge in [-0.25, -0.2) is 0 Å². The maximum absolute atomic E-state index is 14.3. The third-order valence-electron chi connectivity index (χ3n) is 5.72. The Morgan fingerprint density at radius 1 is 1.21 bits per heavy atom. The number of rotatable bonds is 6. The van der Waals surface area contributed by atoms with Crippen LogP contribution in [0.25, 0.3) is 5.70 Å². The van der Waals surface area contributed by atoms with Crippen molar-refractivity contribution in [2.75, 3.05) is 6.54 Å². The molecule has 2 N–H and O–H groups in total. The van der Waals surface area contributed by atoms with Gasteiger partial charge in [-0.3, -0.25) is 4.79 Å². The van der Waals surface area contributed by atoms with Crippen molar-refractivity contribution in [2.45, 2.75) is 43.9 Å².